The van der Waals surface area contributed by atoms with Crippen molar-refractivity contribution in [3.8, 4) is 0 Å². The second-order valence-electron chi connectivity index (χ2n) is 7.14. The van der Waals surface area contributed by atoms with Crippen molar-refractivity contribution in [2.75, 3.05) is 33.2 Å². The number of piperidine rings is 1. The molecule has 0 bridgehead atoms. The van der Waals surface area contributed by atoms with Crippen LogP contribution in [-0.4, -0.2) is 56.0 Å². The van der Waals surface area contributed by atoms with Gasteiger partial charge in [0.05, 0.1) is 0 Å². The van der Waals surface area contributed by atoms with Gasteiger partial charge in [0.1, 0.15) is 0 Å². The molecule has 6 nitrogen and oxygen atoms in total. The first-order chi connectivity index (χ1) is 13.1. The Kier molecular flexibility index (Phi) is 9.11. The fourth-order valence-corrected chi connectivity index (χ4v) is 3.42. The molecule has 1 atom stereocenters. The van der Waals surface area contributed by atoms with Crippen molar-refractivity contribution in [1.82, 2.24) is 20.9 Å². The lowest BCUT2D eigenvalue weighted by Gasteiger charge is -2.33. The molecule has 0 radical (unpaired) electrons. The van der Waals surface area contributed by atoms with E-state index < -0.39 is 0 Å². The summed E-state index contributed by atoms with van der Waals surface area (Å²) in [6, 6.07) is 8.39. The van der Waals surface area contributed by atoms with Gasteiger partial charge in [-0.2, -0.15) is 0 Å². The van der Waals surface area contributed by atoms with Gasteiger partial charge in [0.25, 0.3) is 5.91 Å². The average molecular weight is 374 g/mol. The third-order valence-electron chi connectivity index (χ3n) is 5.09. The fraction of sp³-hybridized carbons (Fsp3) is 0.619. The van der Waals surface area contributed by atoms with Crippen molar-refractivity contribution in [3.63, 3.8) is 0 Å². The molecule has 0 saturated carbocycles. The minimum atomic E-state index is -0.0301. The third kappa shape index (κ3) is 7.21. The van der Waals surface area contributed by atoms with Crippen LogP contribution in [-0.2, 0) is 6.54 Å². The van der Waals surface area contributed by atoms with E-state index in [-0.39, 0.29) is 5.91 Å². The highest BCUT2D eigenvalue weighted by Gasteiger charge is 2.17. The number of likely N-dealkylation sites (tertiary alicyclic amines) is 1. The van der Waals surface area contributed by atoms with Gasteiger partial charge in [0.2, 0.25) is 0 Å². The molecule has 1 aromatic rings. The van der Waals surface area contributed by atoms with E-state index >= 15 is 0 Å². The van der Waals surface area contributed by atoms with Gasteiger partial charge in [0.15, 0.2) is 5.96 Å². The zero-order valence-electron chi connectivity index (χ0n) is 17.1. The highest BCUT2D eigenvalue weighted by molar-refractivity contribution is 5.94. The largest absolute Gasteiger partial charge is 0.356 e. The van der Waals surface area contributed by atoms with Crippen LogP contribution in [0.15, 0.2) is 29.3 Å². The van der Waals surface area contributed by atoms with E-state index in [1.807, 2.05) is 31.2 Å². The van der Waals surface area contributed by atoms with Crippen molar-refractivity contribution in [2.24, 2.45) is 4.99 Å². The average Bonchev–Trinajstić information content (AvgIpc) is 2.69. The number of hydrogen-bond acceptors (Lipinski definition) is 3. The van der Waals surface area contributed by atoms with Gasteiger partial charge in [-0.1, -0.05) is 18.6 Å². The van der Waals surface area contributed by atoms with Crippen LogP contribution < -0.4 is 16.0 Å². The van der Waals surface area contributed by atoms with Crippen LogP contribution in [0.2, 0.25) is 0 Å². The maximum absolute atomic E-state index is 11.8. The lowest BCUT2D eigenvalue weighted by Crippen LogP contribution is -2.41. The van der Waals surface area contributed by atoms with Gasteiger partial charge < -0.3 is 20.9 Å². The molecule has 1 aliphatic heterocycles. The van der Waals surface area contributed by atoms with Crippen LogP contribution in [0.1, 0.15) is 55.5 Å². The number of benzene rings is 1. The zero-order chi connectivity index (χ0) is 19.5. The van der Waals surface area contributed by atoms with Gasteiger partial charge in [0, 0.05) is 44.8 Å². The van der Waals surface area contributed by atoms with Gasteiger partial charge in [-0.15, -0.1) is 0 Å². The Balaban J connectivity index is 1.68. The molecule has 3 N–H and O–H groups in total. The standard InChI is InChI=1S/C21H35N5O/c1-4-23-20(27)19-11-9-18(10-12-19)16-25-21(22-3)24-13-7-15-26-14-6-5-8-17(26)2/h9-12,17H,4-8,13-16H2,1-3H3,(H,23,27)(H2,22,24,25). The first-order valence-corrected chi connectivity index (χ1v) is 10.2. The first kappa shape index (κ1) is 21.2. The number of nitrogens with zero attached hydrogens (tertiary/aromatic N) is 2. The molecule has 1 fully saturated rings. The molecule has 27 heavy (non-hydrogen) atoms. The van der Waals surface area contributed by atoms with E-state index in [4.69, 9.17) is 0 Å². The van der Waals surface area contributed by atoms with Crippen molar-refractivity contribution >= 4 is 11.9 Å². The summed E-state index contributed by atoms with van der Waals surface area (Å²) in [6.45, 7) is 8.87. The van der Waals surface area contributed by atoms with Gasteiger partial charge in [-0.3, -0.25) is 9.79 Å². The molecule has 2 rings (SSSR count). The fourth-order valence-electron chi connectivity index (χ4n) is 3.42. The van der Waals surface area contributed by atoms with Gasteiger partial charge in [-0.05, 0) is 57.4 Å². The number of aliphatic imine (C=N–C) groups is 1. The molecule has 1 aromatic carbocycles. The monoisotopic (exact) mass is 373 g/mol. The molecule has 0 spiro atoms. The molecule has 0 aromatic heterocycles. The summed E-state index contributed by atoms with van der Waals surface area (Å²) in [7, 11) is 1.79. The molecule has 1 unspecified atom stereocenters. The molecular formula is C21H35N5O. The minimum absolute atomic E-state index is 0.0301. The number of guanidine groups is 1. The first-order valence-electron chi connectivity index (χ1n) is 10.2. The van der Waals surface area contributed by atoms with Crippen LogP contribution in [0, 0.1) is 0 Å². The molecule has 1 heterocycles. The quantitative estimate of drug-likeness (QED) is 0.372. The smallest absolute Gasteiger partial charge is 0.251 e. The summed E-state index contributed by atoms with van der Waals surface area (Å²) < 4.78 is 0. The zero-order valence-corrected chi connectivity index (χ0v) is 17.1. The summed E-state index contributed by atoms with van der Waals surface area (Å²) >= 11 is 0. The van der Waals surface area contributed by atoms with Crippen LogP contribution in [0.5, 0.6) is 0 Å². The highest BCUT2D eigenvalue weighted by atomic mass is 16.1. The van der Waals surface area contributed by atoms with Gasteiger partial charge >= 0.3 is 0 Å². The predicted octanol–water partition coefficient (Wildman–Crippen LogP) is 2.37. The number of carbonyl (C=O) groups is 1. The van der Waals surface area contributed by atoms with E-state index in [0.717, 1.165) is 37.1 Å². The topological polar surface area (TPSA) is 68.8 Å². The Labute approximate surface area is 163 Å². The number of amides is 1. The van der Waals surface area contributed by atoms with Crippen molar-refractivity contribution in [3.05, 3.63) is 35.4 Å². The second-order valence-corrected chi connectivity index (χ2v) is 7.14. The summed E-state index contributed by atoms with van der Waals surface area (Å²) in [4.78, 5) is 18.7. The van der Waals surface area contributed by atoms with Crippen molar-refractivity contribution in [1.29, 1.82) is 0 Å². The predicted molar refractivity (Wildman–Crippen MR) is 112 cm³/mol. The van der Waals surface area contributed by atoms with E-state index in [9.17, 15) is 4.79 Å². The van der Waals surface area contributed by atoms with E-state index in [1.165, 1.54) is 25.8 Å². The molecule has 150 valence electrons. The van der Waals surface area contributed by atoms with Crippen LogP contribution in [0.3, 0.4) is 0 Å². The minimum Gasteiger partial charge on any atom is -0.356 e. The van der Waals surface area contributed by atoms with Crippen molar-refractivity contribution in [2.45, 2.75) is 52.1 Å². The summed E-state index contributed by atoms with van der Waals surface area (Å²) in [5.74, 6) is 0.784. The lowest BCUT2D eigenvalue weighted by atomic mass is 10.0. The summed E-state index contributed by atoms with van der Waals surface area (Å²) in [5.41, 5.74) is 1.81. The lowest BCUT2D eigenvalue weighted by molar-refractivity contribution is 0.0956. The number of hydrogen-bond donors (Lipinski definition) is 3. The van der Waals surface area contributed by atoms with Crippen molar-refractivity contribution < 1.29 is 4.79 Å². The Hall–Kier alpha value is -2.08. The second kappa shape index (κ2) is 11.6. The maximum atomic E-state index is 11.8. The number of rotatable bonds is 8. The third-order valence-corrected chi connectivity index (χ3v) is 5.09. The highest BCUT2D eigenvalue weighted by Crippen LogP contribution is 2.16. The Morgan fingerprint density at radius 2 is 1.96 bits per heavy atom. The normalized spacial score (nSPS) is 18.2. The Bertz CT molecular complexity index is 599. The molecule has 1 aliphatic rings. The van der Waals surface area contributed by atoms with E-state index in [2.05, 4.69) is 32.8 Å². The van der Waals surface area contributed by atoms with Crippen LogP contribution >= 0.6 is 0 Å². The van der Waals surface area contributed by atoms with E-state index in [0.29, 0.717) is 18.7 Å². The molecule has 0 aliphatic carbocycles. The van der Waals surface area contributed by atoms with E-state index in [1.54, 1.807) is 7.05 Å². The molecular weight excluding hydrogens is 338 g/mol. The SMILES string of the molecule is CCNC(=O)c1ccc(CNC(=NC)NCCCN2CCCCC2C)cc1. The number of carbonyl (C=O) groups excluding carboxylic acids is 1. The van der Waals surface area contributed by atoms with Crippen LogP contribution in [0.4, 0.5) is 0 Å². The summed E-state index contributed by atoms with van der Waals surface area (Å²) in [5, 5.41) is 9.53. The van der Waals surface area contributed by atoms with Crippen LogP contribution in [0.25, 0.3) is 0 Å². The molecule has 1 amide bonds. The Morgan fingerprint density at radius 1 is 1.19 bits per heavy atom. The summed E-state index contributed by atoms with van der Waals surface area (Å²) in [6.07, 6.45) is 5.15. The number of nitrogens with one attached hydrogen (secondary N) is 3. The molecule has 6 heteroatoms. The Morgan fingerprint density at radius 3 is 2.63 bits per heavy atom. The molecule has 1 saturated heterocycles. The maximum Gasteiger partial charge on any atom is 0.251 e. The van der Waals surface area contributed by atoms with Gasteiger partial charge in [-0.25, -0.2) is 0 Å².